The lowest BCUT2D eigenvalue weighted by Crippen LogP contribution is -2.28. The smallest absolute Gasteiger partial charge is 0.00767 e. The van der Waals surface area contributed by atoms with Gasteiger partial charge in [-0.15, -0.1) is 0 Å². The molecule has 0 bridgehead atoms. The minimum Gasteiger partial charge on any atom is -0.315 e. The van der Waals surface area contributed by atoms with Crippen molar-refractivity contribution in [3.8, 4) is 0 Å². The second-order valence-electron chi connectivity index (χ2n) is 2.50. The Morgan fingerprint density at radius 3 is 1.25 bits per heavy atom. The molecule has 0 aliphatic rings. The van der Waals surface area contributed by atoms with Gasteiger partial charge in [0.25, 0.3) is 0 Å². The van der Waals surface area contributed by atoms with Crippen LogP contribution < -0.4 is 10.6 Å². The van der Waals surface area contributed by atoms with Crippen LogP contribution in [0.4, 0.5) is 0 Å². The van der Waals surface area contributed by atoms with Gasteiger partial charge in [-0.1, -0.05) is 28.7 Å². The highest BCUT2D eigenvalue weighted by atomic mass is 14.9. The lowest BCUT2D eigenvalue weighted by molar-refractivity contribution is 0.603. The van der Waals surface area contributed by atoms with Gasteiger partial charge in [0.05, 0.1) is 0 Å². The molecule has 78 valence electrons. The van der Waals surface area contributed by atoms with E-state index in [1.165, 1.54) is 12.8 Å². The minimum atomic E-state index is 0. The Morgan fingerprint density at radius 1 is 0.667 bits per heavy atom. The minimum absolute atomic E-state index is 0. The van der Waals surface area contributed by atoms with Crippen LogP contribution in [0.15, 0.2) is 0 Å². The van der Waals surface area contributed by atoms with Gasteiger partial charge in [-0.25, -0.2) is 0 Å². The first-order valence-electron chi connectivity index (χ1n) is 4.33. The number of hydrogen-bond acceptors (Lipinski definition) is 2. The van der Waals surface area contributed by atoms with Crippen molar-refractivity contribution in [3.63, 3.8) is 0 Å². The van der Waals surface area contributed by atoms with Crippen molar-refractivity contribution >= 4 is 0 Å². The Balaban J connectivity index is -0.000000405. The molecular weight excluding hydrogens is 148 g/mol. The average molecular weight is 176 g/mol. The molecule has 0 aromatic rings. The SMILES string of the molecule is C.C.CCCNCCNCCC. The van der Waals surface area contributed by atoms with Crippen LogP contribution in [0.25, 0.3) is 0 Å². The van der Waals surface area contributed by atoms with Gasteiger partial charge in [-0.2, -0.15) is 0 Å². The quantitative estimate of drug-likeness (QED) is 0.581. The van der Waals surface area contributed by atoms with Crippen molar-refractivity contribution < 1.29 is 0 Å². The van der Waals surface area contributed by atoms with E-state index < -0.39 is 0 Å². The van der Waals surface area contributed by atoms with Crippen molar-refractivity contribution in [1.29, 1.82) is 0 Å². The van der Waals surface area contributed by atoms with Crippen LogP contribution in [-0.4, -0.2) is 26.2 Å². The summed E-state index contributed by atoms with van der Waals surface area (Å²) in [6.07, 6.45) is 2.46. The van der Waals surface area contributed by atoms with Gasteiger partial charge in [0.2, 0.25) is 0 Å². The first-order valence-corrected chi connectivity index (χ1v) is 4.33. The molecule has 0 saturated carbocycles. The van der Waals surface area contributed by atoms with E-state index in [0.717, 1.165) is 26.2 Å². The predicted octanol–water partition coefficient (Wildman–Crippen LogP) is 2.26. The summed E-state index contributed by atoms with van der Waals surface area (Å²) in [7, 11) is 0. The van der Waals surface area contributed by atoms with Crippen LogP contribution in [-0.2, 0) is 0 Å². The first kappa shape index (κ1) is 17.9. The van der Waals surface area contributed by atoms with Crippen LogP contribution in [0.3, 0.4) is 0 Å². The molecule has 0 spiro atoms. The van der Waals surface area contributed by atoms with E-state index in [1.54, 1.807) is 0 Å². The lowest BCUT2D eigenvalue weighted by atomic mass is 10.4. The highest BCUT2D eigenvalue weighted by Crippen LogP contribution is 1.70. The Hall–Kier alpha value is -0.0800. The van der Waals surface area contributed by atoms with Gasteiger partial charge >= 0.3 is 0 Å². The molecule has 0 fully saturated rings. The third-order valence-corrected chi connectivity index (χ3v) is 1.33. The van der Waals surface area contributed by atoms with E-state index in [4.69, 9.17) is 0 Å². The maximum Gasteiger partial charge on any atom is 0.00767 e. The first-order chi connectivity index (χ1) is 4.91. The Labute approximate surface area is 79.1 Å². The summed E-state index contributed by atoms with van der Waals surface area (Å²) >= 11 is 0. The number of nitrogens with one attached hydrogen (secondary N) is 2. The molecule has 0 atom stereocenters. The van der Waals surface area contributed by atoms with E-state index in [9.17, 15) is 0 Å². The molecule has 0 unspecified atom stereocenters. The van der Waals surface area contributed by atoms with E-state index in [0.29, 0.717) is 0 Å². The molecule has 2 N–H and O–H groups in total. The summed E-state index contributed by atoms with van der Waals surface area (Å²) in [5, 5.41) is 6.66. The Morgan fingerprint density at radius 2 is 1.00 bits per heavy atom. The zero-order chi connectivity index (χ0) is 7.66. The molecule has 0 saturated heterocycles. The van der Waals surface area contributed by atoms with Crippen molar-refractivity contribution in [2.75, 3.05) is 26.2 Å². The van der Waals surface area contributed by atoms with Gasteiger partial charge in [-0.05, 0) is 25.9 Å². The average Bonchev–Trinajstić information content (AvgIpc) is 1.97. The maximum atomic E-state index is 3.33. The number of hydrogen-bond donors (Lipinski definition) is 2. The largest absolute Gasteiger partial charge is 0.315 e. The van der Waals surface area contributed by atoms with Crippen molar-refractivity contribution in [2.45, 2.75) is 41.5 Å². The van der Waals surface area contributed by atoms with Crippen LogP contribution >= 0.6 is 0 Å². The van der Waals surface area contributed by atoms with Crippen molar-refractivity contribution in [2.24, 2.45) is 0 Å². The molecule has 0 radical (unpaired) electrons. The summed E-state index contributed by atoms with van der Waals surface area (Å²) in [5.74, 6) is 0. The van der Waals surface area contributed by atoms with Crippen LogP contribution in [0, 0.1) is 0 Å². The predicted molar refractivity (Wildman–Crippen MR) is 59.8 cm³/mol. The van der Waals surface area contributed by atoms with Crippen LogP contribution in [0.5, 0.6) is 0 Å². The summed E-state index contributed by atoms with van der Waals surface area (Å²) in [6.45, 7) is 8.88. The lowest BCUT2D eigenvalue weighted by Gasteiger charge is -2.03. The molecule has 0 aromatic heterocycles. The second-order valence-corrected chi connectivity index (χ2v) is 2.50. The Kier molecular flexibility index (Phi) is 25.5. The highest BCUT2D eigenvalue weighted by Gasteiger charge is 1.83. The zero-order valence-electron chi connectivity index (χ0n) is 7.24. The third kappa shape index (κ3) is 16.5. The van der Waals surface area contributed by atoms with Gasteiger partial charge in [0.15, 0.2) is 0 Å². The maximum absolute atomic E-state index is 3.33. The molecular formula is C10H28N2. The summed E-state index contributed by atoms with van der Waals surface area (Å²) in [6, 6.07) is 0. The monoisotopic (exact) mass is 176 g/mol. The van der Waals surface area contributed by atoms with Crippen LogP contribution in [0.1, 0.15) is 41.5 Å². The summed E-state index contributed by atoms with van der Waals surface area (Å²) < 4.78 is 0. The van der Waals surface area contributed by atoms with Crippen molar-refractivity contribution in [3.05, 3.63) is 0 Å². The fourth-order valence-electron chi connectivity index (χ4n) is 0.780. The number of rotatable bonds is 7. The normalized spacial score (nSPS) is 8.50. The second kappa shape index (κ2) is 17.1. The van der Waals surface area contributed by atoms with Gasteiger partial charge in [0, 0.05) is 13.1 Å². The molecule has 0 amide bonds. The molecule has 0 aromatic carbocycles. The summed E-state index contributed by atoms with van der Waals surface area (Å²) in [4.78, 5) is 0. The fraction of sp³-hybridized carbons (Fsp3) is 1.00. The van der Waals surface area contributed by atoms with E-state index >= 15 is 0 Å². The molecule has 0 rings (SSSR count). The molecule has 0 aliphatic carbocycles. The standard InChI is InChI=1S/C8H20N2.2CH4/c1-3-5-9-7-8-10-6-4-2;;/h9-10H,3-8H2,1-2H3;2*1H4. The van der Waals surface area contributed by atoms with Gasteiger partial charge < -0.3 is 10.6 Å². The van der Waals surface area contributed by atoms with Gasteiger partial charge in [0.1, 0.15) is 0 Å². The topological polar surface area (TPSA) is 24.1 Å². The highest BCUT2D eigenvalue weighted by molar-refractivity contribution is 4.49. The van der Waals surface area contributed by atoms with E-state index in [2.05, 4.69) is 24.5 Å². The van der Waals surface area contributed by atoms with Crippen LogP contribution in [0.2, 0.25) is 0 Å². The van der Waals surface area contributed by atoms with E-state index in [1.807, 2.05) is 0 Å². The molecule has 2 nitrogen and oxygen atoms in total. The third-order valence-electron chi connectivity index (χ3n) is 1.33. The molecule has 2 heteroatoms. The van der Waals surface area contributed by atoms with E-state index in [-0.39, 0.29) is 14.9 Å². The zero-order valence-corrected chi connectivity index (χ0v) is 7.24. The molecule has 12 heavy (non-hydrogen) atoms. The summed E-state index contributed by atoms with van der Waals surface area (Å²) in [5.41, 5.74) is 0. The molecule has 0 heterocycles. The van der Waals surface area contributed by atoms with Gasteiger partial charge in [-0.3, -0.25) is 0 Å². The van der Waals surface area contributed by atoms with Crippen molar-refractivity contribution in [1.82, 2.24) is 10.6 Å². The fourth-order valence-corrected chi connectivity index (χ4v) is 0.780. The molecule has 0 aliphatic heterocycles. The Bertz CT molecular complexity index is 47.8.